The Kier molecular flexibility index (Phi) is 5.16. The molecule has 1 atom stereocenters. The molecule has 2 rings (SSSR count). The first-order valence-corrected chi connectivity index (χ1v) is 7.68. The molecule has 2 heterocycles. The van der Waals surface area contributed by atoms with Crippen LogP contribution in [0.2, 0.25) is 0 Å². The lowest BCUT2D eigenvalue weighted by molar-refractivity contribution is -0.0953. The van der Waals surface area contributed by atoms with Gasteiger partial charge in [-0.25, -0.2) is 19.4 Å². The summed E-state index contributed by atoms with van der Waals surface area (Å²) in [6, 6.07) is 0. The molecule has 120 valence electrons. The molecule has 0 aliphatic carbocycles. The van der Waals surface area contributed by atoms with Crippen molar-refractivity contribution in [1.82, 2.24) is 9.97 Å². The van der Waals surface area contributed by atoms with Crippen LogP contribution in [0.4, 0.5) is 21.7 Å². The number of anilines is 2. The zero-order chi connectivity index (χ0) is 16.2. The van der Waals surface area contributed by atoms with E-state index in [9.17, 15) is 8.96 Å². The van der Waals surface area contributed by atoms with Crippen LogP contribution in [0.25, 0.3) is 0 Å². The Morgan fingerprint density at radius 1 is 1.55 bits per heavy atom. The smallest absolute Gasteiger partial charge is 0.351 e. The number of aromatic nitrogens is 2. The number of fused-ring (bicyclic) bond motifs is 1. The number of nitrogens with one attached hydrogen (secondary N) is 1. The summed E-state index contributed by atoms with van der Waals surface area (Å²) in [4.78, 5) is 28.9. The third kappa shape index (κ3) is 4.83. The minimum Gasteiger partial charge on any atom is -0.382 e. The van der Waals surface area contributed by atoms with Gasteiger partial charge < -0.3 is 30.3 Å². The molecule has 1 aromatic rings. The van der Waals surface area contributed by atoms with Crippen molar-refractivity contribution in [2.45, 2.75) is 6.29 Å². The van der Waals surface area contributed by atoms with Gasteiger partial charge in [0.15, 0.2) is 24.3 Å². The van der Waals surface area contributed by atoms with E-state index in [0.717, 1.165) is 12.3 Å². The third-order valence-corrected chi connectivity index (χ3v) is 2.84. The molecule has 0 fully saturated rings. The topological polar surface area (TPSA) is 152 Å². The van der Waals surface area contributed by atoms with E-state index in [1.54, 1.807) is 0 Å². The fourth-order valence-corrected chi connectivity index (χ4v) is 1.80. The average Bonchev–Trinajstić information content (AvgIpc) is 2.43. The van der Waals surface area contributed by atoms with Crippen molar-refractivity contribution < 1.29 is 28.2 Å². The number of nitrogen functional groups attached to an aromatic ring is 1. The number of rotatable bonds is 3. The second-order valence-corrected chi connectivity index (χ2v) is 5.67. The van der Waals surface area contributed by atoms with Gasteiger partial charge in [0, 0.05) is 6.08 Å². The van der Waals surface area contributed by atoms with E-state index in [-0.39, 0.29) is 24.1 Å². The normalized spacial score (nSPS) is 21.4. The first-order chi connectivity index (χ1) is 10.3. The SMILES string of the molecule is Nc1ncnc2c1N=C/C(F)=C\C(OCP(=O)(O)O)OCN2. The van der Waals surface area contributed by atoms with Crippen molar-refractivity contribution in [1.29, 1.82) is 0 Å². The van der Waals surface area contributed by atoms with Crippen LogP contribution >= 0.6 is 7.60 Å². The van der Waals surface area contributed by atoms with E-state index in [0.29, 0.717) is 0 Å². The van der Waals surface area contributed by atoms with Crippen LogP contribution in [0.5, 0.6) is 0 Å². The largest absolute Gasteiger partial charge is 0.382 e. The summed E-state index contributed by atoms with van der Waals surface area (Å²) in [6.45, 7) is -0.186. The Bertz CT molecular complexity index is 649. The van der Waals surface area contributed by atoms with Crippen molar-refractivity contribution in [2.24, 2.45) is 4.99 Å². The van der Waals surface area contributed by atoms with Gasteiger partial charge in [0.1, 0.15) is 24.6 Å². The minimum absolute atomic E-state index is 0.0522. The van der Waals surface area contributed by atoms with Gasteiger partial charge in [-0.3, -0.25) is 4.57 Å². The van der Waals surface area contributed by atoms with Crippen LogP contribution in [0.15, 0.2) is 23.2 Å². The third-order valence-electron chi connectivity index (χ3n) is 2.36. The van der Waals surface area contributed by atoms with Gasteiger partial charge in [-0.2, -0.15) is 0 Å². The Hall–Kier alpha value is -1.91. The molecule has 0 aromatic carbocycles. The summed E-state index contributed by atoms with van der Waals surface area (Å²) in [6.07, 6.45) is 0.669. The Balaban J connectivity index is 2.20. The molecule has 12 heteroatoms. The van der Waals surface area contributed by atoms with E-state index < -0.39 is 26.1 Å². The molecule has 1 aliphatic rings. The molecule has 10 nitrogen and oxygen atoms in total. The first-order valence-electron chi connectivity index (χ1n) is 5.88. The summed E-state index contributed by atoms with van der Waals surface area (Å²) < 4.78 is 34.4. The number of aliphatic imine (C=N–C) groups is 1. The fraction of sp³-hybridized carbons (Fsp3) is 0.300. The zero-order valence-electron chi connectivity index (χ0n) is 11.1. The van der Waals surface area contributed by atoms with Crippen LogP contribution in [-0.2, 0) is 14.0 Å². The summed E-state index contributed by atoms with van der Waals surface area (Å²) in [7, 11) is -4.40. The molecular weight excluding hydrogens is 320 g/mol. The summed E-state index contributed by atoms with van der Waals surface area (Å²) in [5.41, 5.74) is 5.76. The molecule has 0 bridgehead atoms. The monoisotopic (exact) mass is 333 g/mol. The van der Waals surface area contributed by atoms with Gasteiger partial charge >= 0.3 is 7.60 Å². The van der Waals surface area contributed by atoms with Gasteiger partial charge in [0.2, 0.25) is 0 Å². The van der Waals surface area contributed by atoms with Crippen LogP contribution < -0.4 is 11.1 Å². The van der Waals surface area contributed by atoms with E-state index in [2.05, 4.69) is 20.3 Å². The van der Waals surface area contributed by atoms with Crippen LogP contribution in [0.3, 0.4) is 0 Å². The van der Waals surface area contributed by atoms with E-state index in [4.69, 9.17) is 25.0 Å². The quantitative estimate of drug-likeness (QED) is 0.579. The highest BCUT2D eigenvalue weighted by Gasteiger charge is 2.18. The predicted molar refractivity (Wildman–Crippen MR) is 75.1 cm³/mol. The molecule has 0 spiro atoms. The second-order valence-electron chi connectivity index (χ2n) is 4.08. The van der Waals surface area contributed by atoms with Gasteiger partial charge in [-0.05, 0) is 0 Å². The Morgan fingerprint density at radius 2 is 2.32 bits per heavy atom. The van der Waals surface area contributed by atoms with E-state index in [1.165, 1.54) is 6.33 Å². The molecule has 1 unspecified atom stereocenters. The lowest BCUT2D eigenvalue weighted by Gasteiger charge is -2.17. The maximum atomic E-state index is 13.7. The maximum Gasteiger partial charge on any atom is 0.351 e. The second kappa shape index (κ2) is 6.90. The average molecular weight is 333 g/mol. The highest BCUT2D eigenvalue weighted by Crippen LogP contribution is 2.34. The Morgan fingerprint density at radius 3 is 3.05 bits per heavy atom. The standard InChI is InChI=1S/C10H13FN5O5P/c11-6-1-7(21-5-22(17,18)19)20-4-16-10-8(13-2-6)9(12)14-3-15-10/h1-3,7H,4-5H2,(H2,17,18,19)(H3,12,14,15,16)/b6-1+,13-2?. The predicted octanol–water partition coefficient (Wildman–Crippen LogP) is 0.492. The van der Waals surface area contributed by atoms with Gasteiger partial charge in [0.25, 0.3) is 0 Å². The lowest BCUT2D eigenvalue weighted by atomic mass is 10.4. The number of nitrogens with two attached hydrogens (primary N) is 1. The van der Waals surface area contributed by atoms with E-state index >= 15 is 0 Å². The van der Waals surface area contributed by atoms with Crippen molar-refractivity contribution in [3.63, 3.8) is 0 Å². The summed E-state index contributed by atoms with van der Waals surface area (Å²) >= 11 is 0. The number of hydrogen-bond donors (Lipinski definition) is 4. The minimum atomic E-state index is -4.40. The molecule has 0 radical (unpaired) electrons. The van der Waals surface area contributed by atoms with Crippen molar-refractivity contribution >= 4 is 31.1 Å². The van der Waals surface area contributed by atoms with Crippen LogP contribution in [0.1, 0.15) is 0 Å². The van der Waals surface area contributed by atoms with Crippen LogP contribution in [0, 0.1) is 0 Å². The summed E-state index contributed by atoms with van der Waals surface area (Å²) in [5.74, 6) is -0.574. The van der Waals surface area contributed by atoms with Crippen molar-refractivity contribution in [3.8, 4) is 0 Å². The van der Waals surface area contributed by atoms with Crippen LogP contribution in [-0.4, -0.2) is 45.3 Å². The number of allylic oxidation sites excluding steroid dienone is 1. The molecule has 0 amide bonds. The molecule has 22 heavy (non-hydrogen) atoms. The fourth-order valence-electron chi connectivity index (χ4n) is 1.46. The molecule has 1 aromatic heterocycles. The number of halogens is 1. The summed E-state index contributed by atoms with van der Waals surface area (Å²) in [5, 5.41) is 2.72. The molecule has 0 saturated carbocycles. The Labute approximate surface area is 124 Å². The number of nitrogens with zero attached hydrogens (tertiary/aromatic N) is 3. The molecular formula is C10H13FN5O5P. The first kappa shape index (κ1) is 16.5. The van der Waals surface area contributed by atoms with E-state index in [1.807, 2.05) is 0 Å². The molecule has 5 N–H and O–H groups in total. The van der Waals surface area contributed by atoms with Gasteiger partial charge in [0.05, 0.1) is 6.21 Å². The number of hydrogen-bond acceptors (Lipinski definition) is 8. The highest BCUT2D eigenvalue weighted by molar-refractivity contribution is 7.51. The lowest BCUT2D eigenvalue weighted by Crippen LogP contribution is -2.21. The molecule has 0 saturated heterocycles. The van der Waals surface area contributed by atoms with Gasteiger partial charge in [-0.15, -0.1) is 0 Å². The zero-order valence-corrected chi connectivity index (χ0v) is 12.0. The molecule has 1 aliphatic heterocycles. The van der Waals surface area contributed by atoms with Gasteiger partial charge in [-0.1, -0.05) is 0 Å². The van der Waals surface area contributed by atoms with Crippen molar-refractivity contribution in [2.75, 3.05) is 24.1 Å². The van der Waals surface area contributed by atoms with Crippen molar-refractivity contribution in [3.05, 3.63) is 18.2 Å². The maximum absolute atomic E-state index is 13.7. The highest BCUT2D eigenvalue weighted by atomic mass is 31.2. The number of ether oxygens (including phenoxy) is 2.